The quantitative estimate of drug-likeness (QED) is 0.348. The number of carbonyl (C=O) groups excluding carboxylic acids is 2. The number of rotatable bonds is 11. The maximum Gasteiger partial charge on any atom is 0.407 e. The van der Waals surface area contributed by atoms with Crippen LogP contribution in [0.2, 0.25) is 0 Å². The number of aryl methyl sites for hydroxylation is 1. The highest BCUT2D eigenvalue weighted by atomic mass is 16.5. The van der Waals surface area contributed by atoms with Crippen LogP contribution in [0.3, 0.4) is 0 Å². The first-order chi connectivity index (χ1) is 21.3. The molecule has 0 aliphatic carbocycles. The molecular formula is C34H52N6O5. The van der Waals surface area contributed by atoms with Crippen LogP contribution in [0.25, 0.3) is 5.69 Å². The number of methoxy groups -OCH3 is 1. The fourth-order valence-electron chi connectivity index (χ4n) is 6.99. The third-order valence-electron chi connectivity index (χ3n) is 9.02. The molecule has 2 aliphatic rings. The number of carboxylic acid groups (broad SMARTS) is 1. The first kappa shape index (κ1) is 34.4. The third kappa shape index (κ3) is 8.04. The molecule has 0 bridgehead atoms. The van der Waals surface area contributed by atoms with Gasteiger partial charge in [-0.3, -0.25) is 9.59 Å². The van der Waals surface area contributed by atoms with Crippen molar-refractivity contribution in [2.45, 2.75) is 92.2 Å². The minimum Gasteiger partial charge on any atom is -0.465 e. The maximum absolute atomic E-state index is 14.8. The van der Waals surface area contributed by atoms with E-state index in [0.29, 0.717) is 39.1 Å². The van der Waals surface area contributed by atoms with Gasteiger partial charge in [0.15, 0.2) is 5.69 Å². The zero-order valence-corrected chi connectivity index (χ0v) is 28.2. The van der Waals surface area contributed by atoms with Gasteiger partial charge in [-0.15, -0.1) is 5.10 Å². The van der Waals surface area contributed by atoms with Crippen molar-refractivity contribution in [2.24, 2.45) is 17.3 Å². The van der Waals surface area contributed by atoms with Gasteiger partial charge in [-0.1, -0.05) is 57.5 Å². The molecule has 1 aromatic carbocycles. The highest BCUT2D eigenvalue weighted by molar-refractivity contribution is 5.94. The van der Waals surface area contributed by atoms with Gasteiger partial charge in [-0.2, -0.15) is 0 Å². The summed E-state index contributed by atoms with van der Waals surface area (Å²) >= 11 is 0. The van der Waals surface area contributed by atoms with Crippen molar-refractivity contribution < 1.29 is 24.2 Å². The molecule has 0 spiro atoms. The van der Waals surface area contributed by atoms with E-state index in [0.717, 1.165) is 42.6 Å². The predicted molar refractivity (Wildman–Crippen MR) is 172 cm³/mol. The van der Waals surface area contributed by atoms with Crippen molar-refractivity contribution in [3.63, 3.8) is 0 Å². The Bertz CT molecular complexity index is 1310. The highest BCUT2D eigenvalue weighted by Crippen LogP contribution is 2.39. The number of piperidine rings is 1. The normalized spacial score (nSPS) is 20.6. The summed E-state index contributed by atoms with van der Waals surface area (Å²) in [7, 11) is 1.68. The monoisotopic (exact) mass is 624 g/mol. The minimum absolute atomic E-state index is 0.0165. The van der Waals surface area contributed by atoms with E-state index < -0.39 is 29.5 Å². The number of aromatic nitrogens is 3. The fourth-order valence-corrected chi connectivity index (χ4v) is 6.99. The molecule has 248 valence electrons. The van der Waals surface area contributed by atoms with Crippen LogP contribution in [0.15, 0.2) is 24.3 Å². The van der Waals surface area contributed by atoms with Crippen molar-refractivity contribution in [3.05, 3.63) is 41.2 Å². The van der Waals surface area contributed by atoms with Crippen LogP contribution in [-0.2, 0) is 16.0 Å². The Balaban J connectivity index is 1.79. The Hall–Kier alpha value is -3.47. The van der Waals surface area contributed by atoms with Gasteiger partial charge >= 0.3 is 6.09 Å². The summed E-state index contributed by atoms with van der Waals surface area (Å²) in [4.78, 5) is 46.4. The minimum atomic E-state index is -1.07. The smallest absolute Gasteiger partial charge is 0.407 e. The van der Waals surface area contributed by atoms with Gasteiger partial charge in [0.2, 0.25) is 5.91 Å². The van der Waals surface area contributed by atoms with Crippen LogP contribution in [-0.4, -0.2) is 105 Å². The first-order valence-corrected chi connectivity index (χ1v) is 16.4. The van der Waals surface area contributed by atoms with Gasteiger partial charge in [0.05, 0.1) is 29.4 Å². The molecule has 2 saturated heterocycles. The number of ether oxygens (including phenoxy) is 1. The molecule has 3 heterocycles. The number of hydrogen-bond donors (Lipinski definition) is 1. The maximum atomic E-state index is 14.8. The summed E-state index contributed by atoms with van der Waals surface area (Å²) in [6.45, 7) is 14.7. The third-order valence-corrected chi connectivity index (χ3v) is 9.02. The van der Waals surface area contributed by atoms with Crippen LogP contribution in [0.5, 0.6) is 0 Å². The van der Waals surface area contributed by atoms with Crippen LogP contribution in [0.4, 0.5) is 4.79 Å². The van der Waals surface area contributed by atoms with Crippen molar-refractivity contribution in [3.8, 4) is 5.69 Å². The Morgan fingerprint density at radius 1 is 1.09 bits per heavy atom. The standard InChI is InChI=1S/C34H52N6O5/c1-23(2)21-38(28-20-25(31(41)37-17-9-10-18-37)22-39(33(43)44)30(28)34(4,5)6)32(42)29-27(12-8-11-19-45-7)40(36-35-29)26-15-13-24(3)14-16-26/h13-16,23,25,28,30H,8-12,17-22H2,1-7H3,(H,43,44)/t25-,28+,30?/m1/s1. The van der Waals surface area contributed by atoms with E-state index in [1.54, 1.807) is 11.8 Å². The Morgan fingerprint density at radius 3 is 2.33 bits per heavy atom. The molecule has 2 aliphatic heterocycles. The average Bonchev–Trinajstić information content (AvgIpc) is 3.67. The largest absolute Gasteiger partial charge is 0.465 e. The summed E-state index contributed by atoms with van der Waals surface area (Å²) in [6.07, 6.45) is 3.42. The summed E-state index contributed by atoms with van der Waals surface area (Å²) in [5.74, 6) is -0.721. The van der Waals surface area contributed by atoms with Crippen LogP contribution in [0, 0.1) is 24.2 Å². The number of carbonyl (C=O) groups is 3. The van der Waals surface area contributed by atoms with E-state index in [9.17, 15) is 19.5 Å². The fraction of sp³-hybridized carbons (Fsp3) is 0.676. The zero-order chi connectivity index (χ0) is 32.9. The molecule has 3 atom stereocenters. The van der Waals surface area contributed by atoms with Gasteiger partial charge in [0, 0.05) is 39.9 Å². The Morgan fingerprint density at radius 2 is 1.76 bits per heavy atom. The van der Waals surface area contributed by atoms with E-state index >= 15 is 0 Å². The van der Waals surface area contributed by atoms with Gasteiger partial charge < -0.3 is 24.5 Å². The second-order valence-electron chi connectivity index (χ2n) is 14.2. The van der Waals surface area contributed by atoms with Crippen LogP contribution >= 0.6 is 0 Å². The molecule has 2 aromatic rings. The van der Waals surface area contributed by atoms with Gasteiger partial charge in [-0.25, -0.2) is 9.48 Å². The lowest BCUT2D eigenvalue weighted by atomic mass is 9.74. The van der Waals surface area contributed by atoms with Gasteiger partial charge in [0.1, 0.15) is 0 Å². The average molecular weight is 625 g/mol. The molecule has 4 rings (SSSR count). The SMILES string of the molecule is COCCCCc1c(C(=O)N(CC(C)C)[C@H]2C[C@@H](C(=O)N3CCCC3)CN(C(=O)O)C2C(C)(C)C)nnn1-c1ccc(C)cc1. The van der Waals surface area contributed by atoms with Crippen molar-refractivity contribution in [2.75, 3.05) is 39.9 Å². The highest BCUT2D eigenvalue weighted by Gasteiger charge is 2.50. The predicted octanol–water partition coefficient (Wildman–Crippen LogP) is 5.05. The number of benzene rings is 1. The second kappa shape index (κ2) is 14.7. The second-order valence-corrected chi connectivity index (χ2v) is 14.2. The summed E-state index contributed by atoms with van der Waals surface area (Å²) in [6, 6.07) is 6.92. The molecule has 45 heavy (non-hydrogen) atoms. The number of likely N-dealkylation sites (tertiary alicyclic amines) is 2. The molecule has 1 N–H and O–H groups in total. The summed E-state index contributed by atoms with van der Waals surface area (Å²) in [5, 5.41) is 19.4. The molecule has 0 saturated carbocycles. The van der Waals surface area contributed by atoms with E-state index in [1.807, 2.05) is 75.6 Å². The van der Waals surface area contributed by atoms with Crippen LogP contribution < -0.4 is 0 Å². The topological polar surface area (TPSA) is 121 Å². The van der Waals surface area contributed by atoms with Crippen molar-refractivity contribution in [1.29, 1.82) is 0 Å². The molecule has 2 fully saturated rings. The molecule has 3 amide bonds. The molecule has 1 unspecified atom stereocenters. The Labute approximate surface area is 267 Å². The summed E-state index contributed by atoms with van der Waals surface area (Å²) in [5.41, 5.74) is 2.44. The molecular weight excluding hydrogens is 572 g/mol. The van der Waals surface area contributed by atoms with E-state index in [2.05, 4.69) is 10.3 Å². The number of nitrogens with zero attached hydrogens (tertiary/aromatic N) is 6. The van der Waals surface area contributed by atoms with Crippen LogP contribution in [0.1, 0.15) is 88.5 Å². The first-order valence-electron chi connectivity index (χ1n) is 16.4. The lowest BCUT2D eigenvalue weighted by molar-refractivity contribution is -0.139. The summed E-state index contributed by atoms with van der Waals surface area (Å²) < 4.78 is 7.02. The lowest BCUT2D eigenvalue weighted by Crippen LogP contribution is -2.66. The van der Waals surface area contributed by atoms with E-state index in [4.69, 9.17) is 4.74 Å². The zero-order valence-electron chi connectivity index (χ0n) is 28.2. The molecule has 0 radical (unpaired) electrons. The number of hydrogen-bond acceptors (Lipinski definition) is 6. The van der Waals surface area contributed by atoms with E-state index in [-0.39, 0.29) is 30.0 Å². The van der Waals surface area contributed by atoms with E-state index in [1.165, 1.54) is 4.90 Å². The lowest BCUT2D eigenvalue weighted by Gasteiger charge is -2.52. The molecule has 11 nitrogen and oxygen atoms in total. The number of unbranched alkanes of at least 4 members (excludes halogenated alkanes) is 1. The van der Waals surface area contributed by atoms with Gasteiger partial charge in [-0.05, 0) is 68.9 Å². The van der Waals surface area contributed by atoms with Crippen molar-refractivity contribution in [1.82, 2.24) is 29.7 Å². The molecule has 1 aromatic heterocycles. The van der Waals surface area contributed by atoms with Gasteiger partial charge in [0.25, 0.3) is 5.91 Å². The molecule has 11 heteroatoms. The van der Waals surface area contributed by atoms with Crippen molar-refractivity contribution >= 4 is 17.9 Å². The number of amides is 3. The Kier molecular flexibility index (Phi) is 11.3.